The Bertz CT molecular complexity index is 880. The van der Waals surface area contributed by atoms with E-state index in [1.165, 1.54) is 16.2 Å². The molecule has 1 unspecified atom stereocenters. The number of carbonyl (C=O) groups is 4. The van der Waals surface area contributed by atoms with Crippen molar-refractivity contribution >= 4 is 34.9 Å². The zero-order chi connectivity index (χ0) is 19.4. The van der Waals surface area contributed by atoms with E-state index in [9.17, 15) is 19.2 Å². The van der Waals surface area contributed by atoms with E-state index in [4.69, 9.17) is 5.11 Å². The van der Waals surface area contributed by atoms with Crippen LogP contribution in [0.5, 0.6) is 0 Å². The van der Waals surface area contributed by atoms with Crippen LogP contribution in [-0.2, 0) is 25.7 Å². The molecule has 1 atom stereocenters. The molecule has 8 nitrogen and oxygen atoms in total. The summed E-state index contributed by atoms with van der Waals surface area (Å²) in [5.74, 6) is -4.70. The van der Waals surface area contributed by atoms with Crippen molar-refractivity contribution in [2.75, 3.05) is 13.1 Å². The first kappa shape index (κ1) is 18.7. The van der Waals surface area contributed by atoms with Crippen LogP contribution in [0.2, 0.25) is 0 Å². The van der Waals surface area contributed by atoms with Crippen LogP contribution in [0.3, 0.4) is 0 Å². The Morgan fingerprint density at radius 1 is 1.26 bits per heavy atom. The molecule has 0 radical (unpaired) electrons. The number of likely N-dealkylation sites (tertiary alicyclic amines) is 1. The van der Waals surface area contributed by atoms with Gasteiger partial charge in [-0.3, -0.25) is 19.2 Å². The highest BCUT2D eigenvalue weighted by Gasteiger charge is 2.40. The molecule has 27 heavy (non-hydrogen) atoms. The van der Waals surface area contributed by atoms with Crippen molar-refractivity contribution in [1.29, 1.82) is 0 Å². The second-order valence-electron chi connectivity index (χ2n) is 6.02. The molecule has 1 aromatic heterocycles. The average molecular weight is 387 g/mol. The molecule has 140 valence electrons. The highest BCUT2D eigenvalue weighted by molar-refractivity contribution is 7.15. The number of benzene rings is 1. The van der Waals surface area contributed by atoms with E-state index in [1.54, 1.807) is 6.20 Å². The summed E-state index contributed by atoms with van der Waals surface area (Å²) in [6, 6.07) is 9.62. The maximum atomic E-state index is 12.6. The lowest BCUT2D eigenvalue weighted by molar-refractivity contribution is -0.152. The number of hydrogen-bond acceptors (Lipinski definition) is 6. The van der Waals surface area contributed by atoms with Gasteiger partial charge in [-0.15, -0.1) is 11.3 Å². The molecular weight excluding hydrogens is 370 g/mol. The summed E-state index contributed by atoms with van der Waals surface area (Å²) in [5.41, 5.74) is 0.972. The van der Waals surface area contributed by atoms with E-state index in [0.29, 0.717) is 0 Å². The highest BCUT2D eigenvalue weighted by atomic mass is 32.1. The minimum Gasteiger partial charge on any atom is -0.480 e. The Kier molecular flexibility index (Phi) is 5.60. The predicted octanol–water partition coefficient (Wildman–Crippen LogP) is 0.928. The molecule has 2 aromatic rings. The summed E-state index contributed by atoms with van der Waals surface area (Å²) < 4.78 is 0. The SMILES string of the molecule is O=C(O)CNC(=O)C1C(=O)CCN(Cc2cnc(-c3ccccc3)s2)C1=O. The van der Waals surface area contributed by atoms with Crippen molar-refractivity contribution in [2.45, 2.75) is 13.0 Å². The van der Waals surface area contributed by atoms with Gasteiger partial charge in [0.2, 0.25) is 11.8 Å². The summed E-state index contributed by atoms with van der Waals surface area (Å²) in [7, 11) is 0. The molecular formula is C18H17N3O5S. The van der Waals surface area contributed by atoms with Gasteiger partial charge in [0, 0.05) is 29.6 Å². The largest absolute Gasteiger partial charge is 0.480 e. The Morgan fingerprint density at radius 3 is 2.70 bits per heavy atom. The number of nitrogens with one attached hydrogen (secondary N) is 1. The number of carboxylic acid groups (broad SMARTS) is 1. The number of aliphatic carboxylic acids is 1. The lowest BCUT2D eigenvalue weighted by Gasteiger charge is -2.30. The molecule has 3 rings (SSSR count). The van der Waals surface area contributed by atoms with Crippen molar-refractivity contribution in [2.24, 2.45) is 5.92 Å². The molecule has 1 aliphatic rings. The first-order valence-electron chi connectivity index (χ1n) is 8.27. The zero-order valence-corrected chi connectivity index (χ0v) is 15.1. The Morgan fingerprint density at radius 2 is 2.00 bits per heavy atom. The number of piperidine rings is 1. The van der Waals surface area contributed by atoms with Crippen LogP contribution in [-0.4, -0.2) is 51.6 Å². The molecule has 0 saturated carbocycles. The van der Waals surface area contributed by atoms with Gasteiger partial charge in [0.05, 0.1) is 6.54 Å². The second-order valence-corrected chi connectivity index (χ2v) is 7.13. The summed E-state index contributed by atoms with van der Waals surface area (Å²) in [6.45, 7) is -0.163. The fourth-order valence-electron chi connectivity index (χ4n) is 2.78. The highest BCUT2D eigenvalue weighted by Crippen LogP contribution is 2.27. The van der Waals surface area contributed by atoms with Crippen molar-refractivity contribution in [3.63, 3.8) is 0 Å². The standard InChI is InChI=1S/C18H17N3O5S/c22-13-6-7-21(18(26)15(13)16(25)19-9-14(23)24)10-12-8-20-17(27-12)11-4-2-1-3-5-11/h1-5,8,15H,6-7,9-10H2,(H,19,25)(H,23,24). The van der Waals surface area contributed by atoms with Crippen molar-refractivity contribution in [3.8, 4) is 10.6 Å². The molecule has 2 N–H and O–H groups in total. The third-order valence-electron chi connectivity index (χ3n) is 4.11. The fraction of sp³-hybridized carbons (Fsp3) is 0.278. The van der Waals surface area contributed by atoms with Crippen LogP contribution in [0.25, 0.3) is 10.6 Å². The van der Waals surface area contributed by atoms with Crippen LogP contribution in [0.4, 0.5) is 0 Å². The number of nitrogens with zero attached hydrogens (tertiary/aromatic N) is 2. The average Bonchev–Trinajstić information content (AvgIpc) is 3.12. The topological polar surface area (TPSA) is 117 Å². The number of aromatic nitrogens is 1. The van der Waals surface area contributed by atoms with Crippen molar-refractivity contribution < 1.29 is 24.3 Å². The monoisotopic (exact) mass is 387 g/mol. The van der Waals surface area contributed by atoms with Gasteiger partial charge >= 0.3 is 5.97 Å². The summed E-state index contributed by atoms with van der Waals surface area (Å²) >= 11 is 1.44. The number of carbonyl (C=O) groups excluding carboxylic acids is 3. The molecule has 1 saturated heterocycles. The molecule has 2 heterocycles. The van der Waals surface area contributed by atoms with E-state index in [-0.39, 0.29) is 19.5 Å². The van der Waals surface area contributed by atoms with Gasteiger partial charge in [-0.1, -0.05) is 30.3 Å². The summed E-state index contributed by atoms with van der Waals surface area (Å²) in [6.07, 6.45) is 1.73. The van der Waals surface area contributed by atoms with Gasteiger partial charge < -0.3 is 15.3 Å². The molecule has 0 bridgehead atoms. The summed E-state index contributed by atoms with van der Waals surface area (Å²) in [5, 5.41) is 11.6. The second kappa shape index (κ2) is 8.09. The van der Waals surface area contributed by atoms with Crippen LogP contribution in [0.15, 0.2) is 36.5 Å². The molecule has 9 heteroatoms. The number of Topliss-reactive ketones (excluding diaryl/α,β-unsaturated/α-hetero) is 1. The molecule has 1 aliphatic heterocycles. The normalized spacial score (nSPS) is 17.0. The van der Waals surface area contributed by atoms with Crippen LogP contribution < -0.4 is 5.32 Å². The molecule has 0 spiro atoms. The molecule has 0 aliphatic carbocycles. The quantitative estimate of drug-likeness (QED) is 0.712. The first-order chi connectivity index (χ1) is 13.0. The first-order valence-corrected chi connectivity index (χ1v) is 9.08. The molecule has 1 aromatic carbocycles. The Labute approximate surface area is 158 Å². The van der Waals surface area contributed by atoms with Gasteiger partial charge in [0.25, 0.3) is 0 Å². The number of amides is 2. The number of hydrogen-bond donors (Lipinski definition) is 2. The van der Waals surface area contributed by atoms with Gasteiger partial charge in [-0.2, -0.15) is 0 Å². The molecule has 1 fully saturated rings. The van der Waals surface area contributed by atoms with E-state index in [2.05, 4.69) is 10.3 Å². The van der Waals surface area contributed by atoms with Crippen molar-refractivity contribution in [1.82, 2.24) is 15.2 Å². The summed E-state index contributed by atoms with van der Waals surface area (Å²) in [4.78, 5) is 53.9. The Balaban J connectivity index is 1.69. The smallest absolute Gasteiger partial charge is 0.322 e. The van der Waals surface area contributed by atoms with E-state index in [0.717, 1.165) is 15.4 Å². The molecule has 2 amide bonds. The number of rotatable bonds is 6. The van der Waals surface area contributed by atoms with Crippen molar-refractivity contribution in [3.05, 3.63) is 41.4 Å². The maximum Gasteiger partial charge on any atom is 0.322 e. The lowest BCUT2D eigenvalue weighted by atomic mass is 9.94. The van der Waals surface area contributed by atoms with Gasteiger partial charge in [0.15, 0.2) is 11.7 Å². The van der Waals surface area contributed by atoms with E-state index < -0.39 is 36.0 Å². The lowest BCUT2D eigenvalue weighted by Crippen LogP contribution is -2.52. The number of ketones is 1. The van der Waals surface area contributed by atoms with Gasteiger partial charge in [-0.25, -0.2) is 4.98 Å². The van der Waals surface area contributed by atoms with Crippen LogP contribution in [0.1, 0.15) is 11.3 Å². The predicted molar refractivity (Wildman–Crippen MR) is 96.7 cm³/mol. The van der Waals surface area contributed by atoms with E-state index >= 15 is 0 Å². The van der Waals surface area contributed by atoms with Gasteiger partial charge in [0.1, 0.15) is 11.6 Å². The minimum atomic E-state index is -1.49. The van der Waals surface area contributed by atoms with Crippen LogP contribution in [0, 0.1) is 5.92 Å². The number of thiazole rings is 1. The fourth-order valence-corrected chi connectivity index (χ4v) is 3.72. The van der Waals surface area contributed by atoms with Gasteiger partial charge in [-0.05, 0) is 0 Å². The Hall–Kier alpha value is -3.07. The maximum absolute atomic E-state index is 12.6. The van der Waals surface area contributed by atoms with Crippen LogP contribution >= 0.6 is 11.3 Å². The number of carboxylic acids is 1. The third-order valence-corrected chi connectivity index (χ3v) is 5.14. The minimum absolute atomic E-state index is 0.0568. The van der Waals surface area contributed by atoms with E-state index in [1.807, 2.05) is 30.3 Å². The third kappa shape index (κ3) is 4.37. The zero-order valence-electron chi connectivity index (χ0n) is 14.3.